The minimum absolute atomic E-state index is 0.0566. The largest absolute Gasteiger partial charge is 0.399 e. The van der Waals surface area contributed by atoms with Crippen molar-refractivity contribution in [2.45, 2.75) is 33.7 Å². The highest BCUT2D eigenvalue weighted by Gasteiger charge is 2.17. The molecule has 0 aliphatic carbocycles. The standard InChI is InChI=1S/C23H33FN6/c1-13(2)16(5)27-22-20(24)12-19(15(4)25)21(29-22)28-17-10-9-14(3)18(11-17)23(26-6)30(7)8/h9-13,16H,4,25H2,1-3,5-8H3,(H2,27,28,29)/b26-23+. The highest BCUT2D eigenvalue weighted by atomic mass is 19.1. The van der Waals surface area contributed by atoms with Gasteiger partial charge in [0.05, 0.1) is 0 Å². The third-order valence-corrected chi connectivity index (χ3v) is 5.06. The van der Waals surface area contributed by atoms with Crippen LogP contribution in [-0.2, 0) is 0 Å². The monoisotopic (exact) mass is 412 g/mol. The summed E-state index contributed by atoms with van der Waals surface area (Å²) in [5, 5.41) is 6.42. The van der Waals surface area contributed by atoms with Gasteiger partial charge in [-0.05, 0) is 43.5 Å². The Morgan fingerprint density at radius 2 is 1.83 bits per heavy atom. The summed E-state index contributed by atoms with van der Waals surface area (Å²) in [5.41, 5.74) is 9.46. The molecule has 1 aromatic carbocycles. The van der Waals surface area contributed by atoms with Crippen LogP contribution in [0.5, 0.6) is 0 Å². The SMILES string of the molecule is C=C(N)c1cc(F)c(NC(C)C(C)C)nc1Nc1ccc(C)c(/C(=N\C)N(C)C)c1. The molecule has 30 heavy (non-hydrogen) atoms. The van der Waals surface area contributed by atoms with E-state index in [1.54, 1.807) is 7.05 Å². The van der Waals surface area contributed by atoms with E-state index < -0.39 is 5.82 Å². The Morgan fingerprint density at radius 3 is 2.37 bits per heavy atom. The fourth-order valence-corrected chi connectivity index (χ4v) is 2.95. The molecule has 7 heteroatoms. The van der Waals surface area contributed by atoms with Gasteiger partial charge >= 0.3 is 0 Å². The van der Waals surface area contributed by atoms with Crippen molar-refractivity contribution in [1.82, 2.24) is 9.88 Å². The maximum absolute atomic E-state index is 14.6. The van der Waals surface area contributed by atoms with Crippen LogP contribution in [0.3, 0.4) is 0 Å². The highest BCUT2D eigenvalue weighted by molar-refractivity contribution is 6.00. The van der Waals surface area contributed by atoms with E-state index in [9.17, 15) is 4.39 Å². The van der Waals surface area contributed by atoms with Gasteiger partial charge in [0.1, 0.15) is 11.7 Å². The number of nitrogens with two attached hydrogens (primary N) is 1. The zero-order valence-electron chi connectivity index (χ0n) is 19.0. The van der Waals surface area contributed by atoms with Crippen LogP contribution in [0.2, 0.25) is 0 Å². The van der Waals surface area contributed by atoms with E-state index in [1.165, 1.54) is 6.07 Å². The number of aliphatic imine (C=N–C) groups is 1. The molecule has 0 aliphatic rings. The van der Waals surface area contributed by atoms with Crippen molar-refractivity contribution in [2.75, 3.05) is 31.8 Å². The molecule has 1 atom stereocenters. The molecule has 2 rings (SSSR count). The predicted octanol–water partition coefficient (Wildman–Crippen LogP) is 4.60. The second-order valence-corrected chi connectivity index (χ2v) is 8.01. The van der Waals surface area contributed by atoms with Crippen LogP contribution in [0.4, 0.5) is 21.7 Å². The molecule has 1 heterocycles. The summed E-state index contributed by atoms with van der Waals surface area (Å²) in [6.07, 6.45) is 0. The number of aromatic nitrogens is 1. The van der Waals surface area contributed by atoms with Gasteiger partial charge in [-0.3, -0.25) is 4.99 Å². The van der Waals surface area contributed by atoms with E-state index in [0.29, 0.717) is 17.3 Å². The molecule has 1 aromatic heterocycles. The summed E-state index contributed by atoms with van der Waals surface area (Å²) >= 11 is 0. The van der Waals surface area contributed by atoms with Gasteiger partial charge in [0.15, 0.2) is 11.6 Å². The van der Waals surface area contributed by atoms with Gasteiger partial charge in [0.25, 0.3) is 0 Å². The number of hydrogen-bond donors (Lipinski definition) is 3. The quantitative estimate of drug-likeness (QED) is 0.458. The van der Waals surface area contributed by atoms with Gasteiger partial charge in [-0.15, -0.1) is 0 Å². The molecule has 0 radical (unpaired) electrons. The lowest BCUT2D eigenvalue weighted by atomic mass is 10.1. The van der Waals surface area contributed by atoms with Crippen molar-refractivity contribution in [1.29, 1.82) is 0 Å². The molecule has 0 bridgehead atoms. The van der Waals surface area contributed by atoms with Gasteiger partial charge in [-0.1, -0.05) is 26.5 Å². The highest BCUT2D eigenvalue weighted by Crippen LogP contribution is 2.28. The van der Waals surface area contributed by atoms with E-state index in [0.717, 1.165) is 22.6 Å². The van der Waals surface area contributed by atoms with Crippen LogP contribution in [0.25, 0.3) is 5.70 Å². The maximum atomic E-state index is 14.6. The number of anilines is 3. The fourth-order valence-electron chi connectivity index (χ4n) is 2.95. The Morgan fingerprint density at radius 1 is 1.17 bits per heavy atom. The zero-order valence-corrected chi connectivity index (χ0v) is 19.0. The first-order valence-corrected chi connectivity index (χ1v) is 9.99. The average Bonchev–Trinajstić information content (AvgIpc) is 2.66. The lowest BCUT2D eigenvalue weighted by molar-refractivity contribution is 0.549. The summed E-state index contributed by atoms with van der Waals surface area (Å²) in [6.45, 7) is 11.9. The fraction of sp³-hybridized carbons (Fsp3) is 0.391. The molecule has 0 amide bonds. The van der Waals surface area contributed by atoms with Gasteiger partial charge in [-0.2, -0.15) is 0 Å². The molecule has 162 valence electrons. The van der Waals surface area contributed by atoms with Gasteiger partial charge in [-0.25, -0.2) is 9.37 Å². The van der Waals surface area contributed by atoms with Gasteiger partial charge < -0.3 is 21.3 Å². The summed E-state index contributed by atoms with van der Waals surface area (Å²) in [5.74, 6) is 1.34. The van der Waals surface area contributed by atoms with Crippen LogP contribution in [-0.4, -0.2) is 42.9 Å². The summed E-state index contributed by atoms with van der Waals surface area (Å²) in [4.78, 5) is 10.8. The number of amidine groups is 1. The smallest absolute Gasteiger partial charge is 0.166 e. The van der Waals surface area contributed by atoms with E-state index in [-0.39, 0.29) is 17.6 Å². The van der Waals surface area contributed by atoms with Gasteiger partial charge in [0.2, 0.25) is 0 Å². The first-order chi connectivity index (χ1) is 14.0. The molecular formula is C23H33FN6. The Hall–Kier alpha value is -3.09. The average molecular weight is 413 g/mol. The van der Waals surface area contributed by atoms with Crippen LogP contribution in [0.15, 0.2) is 35.8 Å². The van der Waals surface area contributed by atoms with Crippen molar-refractivity contribution in [3.05, 3.63) is 53.4 Å². The lowest BCUT2D eigenvalue weighted by Crippen LogP contribution is -2.24. The van der Waals surface area contributed by atoms with Crippen LogP contribution >= 0.6 is 0 Å². The van der Waals surface area contributed by atoms with Gasteiger partial charge in [0, 0.05) is 49.7 Å². The van der Waals surface area contributed by atoms with Crippen molar-refractivity contribution < 1.29 is 4.39 Å². The molecule has 4 N–H and O–H groups in total. The Balaban J connectivity index is 2.50. The number of halogens is 1. The molecule has 0 saturated heterocycles. The molecule has 0 aliphatic heterocycles. The van der Waals surface area contributed by atoms with Crippen molar-refractivity contribution in [3.63, 3.8) is 0 Å². The van der Waals surface area contributed by atoms with Crippen LogP contribution in [0.1, 0.15) is 37.5 Å². The van der Waals surface area contributed by atoms with Crippen LogP contribution in [0, 0.1) is 18.7 Å². The molecule has 0 spiro atoms. The third kappa shape index (κ3) is 5.28. The zero-order chi connectivity index (χ0) is 22.6. The molecule has 0 saturated carbocycles. The van der Waals surface area contributed by atoms with E-state index in [2.05, 4.69) is 41.0 Å². The first-order valence-electron chi connectivity index (χ1n) is 9.99. The van der Waals surface area contributed by atoms with E-state index in [1.807, 2.05) is 51.0 Å². The number of nitrogens with one attached hydrogen (secondary N) is 2. The van der Waals surface area contributed by atoms with E-state index in [4.69, 9.17) is 5.73 Å². The summed E-state index contributed by atoms with van der Waals surface area (Å²) < 4.78 is 14.6. The Kier molecular flexibility index (Phi) is 7.43. The second-order valence-electron chi connectivity index (χ2n) is 8.01. The van der Waals surface area contributed by atoms with Crippen molar-refractivity contribution in [3.8, 4) is 0 Å². The predicted molar refractivity (Wildman–Crippen MR) is 126 cm³/mol. The normalized spacial score (nSPS) is 12.6. The topological polar surface area (TPSA) is 78.6 Å². The minimum Gasteiger partial charge on any atom is -0.399 e. The summed E-state index contributed by atoms with van der Waals surface area (Å²) in [6, 6.07) is 7.37. The number of pyridine rings is 1. The lowest BCUT2D eigenvalue weighted by Gasteiger charge is -2.21. The molecule has 6 nitrogen and oxygen atoms in total. The maximum Gasteiger partial charge on any atom is 0.166 e. The number of nitrogens with zero attached hydrogens (tertiary/aromatic N) is 3. The Labute approximate surface area is 179 Å². The number of aryl methyl sites for hydroxylation is 1. The minimum atomic E-state index is -0.466. The number of benzene rings is 1. The van der Waals surface area contributed by atoms with Crippen LogP contribution < -0.4 is 16.4 Å². The third-order valence-electron chi connectivity index (χ3n) is 5.06. The number of rotatable bonds is 7. The molecule has 2 aromatic rings. The Bertz CT molecular complexity index is 949. The van der Waals surface area contributed by atoms with Crippen molar-refractivity contribution in [2.24, 2.45) is 16.6 Å². The second kappa shape index (κ2) is 9.61. The summed E-state index contributed by atoms with van der Waals surface area (Å²) in [7, 11) is 5.67. The molecule has 0 fully saturated rings. The molecular weight excluding hydrogens is 379 g/mol. The van der Waals surface area contributed by atoms with E-state index >= 15 is 0 Å². The number of hydrogen-bond acceptors (Lipinski definition) is 5. The van der Waals surface area contributed by atoms with Crippen molar-refractivity contribution >= 4 is 28.9 Å². The molecule has 1 unspecified atom stereocenters. The first kappa shape index (κ1) is 23.2.